The lowest BCUT2D eigenvalue weighted by Gasteiger charge is -2.03. The summed E-state index contributed by atoms with van der Waals surface area (Å²) < 4.78 is 0. The van der Waals surface area contributed by atoms with Gasteiger partial charge in [-0.05, 0) is 24.1 Å². The van der Waals surface area contributed by atoms with Gasteiger partial charge in [0.25, 0.3) is 0 Å². The van der Waals surface area contributed by atoms with Crippen molar-refractivity contribution in [1.29, 1.82) is 0 Å². The quantitative estimate of drug-likeness (QED) is 0.617. The summed E-state index contributed by atoms with van der Waals surface area (Å²) in [5, 5.41) is 2.90. The van der Waals surface area contributed by atoms with E-state index in [0.29, 0.717) is 6.54 Å². The van der Waals surface area contributed by atoms with Gasteiger partial charge in [-0.1, -0.05) is 60.2 Å². The van der Waals surface area contributed by atoms with Crippen LogP contribution in [0, 0.1) is 6.92 Å². The van der Waals surface area contributed by atoms with Gasteiger partial charge in [-0.2, -0.15) is 11.8 Å². The van der Waals surface area contributed by atoms with Gasteiger partial charge >= 0.3 is 0 Å². The Bertz CT molecular complexity index is 605. The summed E-state index contributed by atoms with van der Waals surface area (Å²) in [6.07, 6.45) is 3.43. The maximum absolute atomic E-state index is 11.7. The molecule has 0 unspecified atom stereocenters. The third kappa shape index (κ3) is 6.19. The molecule has 2 aromatic rings. The normalized spacial score (nSPS) is 10.8. The van der Waals surface area contributed by atoms with E-state index in [2.05, 4.69) is 17.4 Å². The number of carbonyl (C=O) groups excluding carboxylic acids is 1. The molecule has 22 heavy (non-hydrogen) atoms. The largest absolute Gasteiger partial charge is 0.352 e. The maximum Gasteiger partial charge on any atom is 0.244 e. The summed E-state index contributed by atoms with van der Waals surface area (Å²) in [5.74, 6) is 1.86. The van der Waals surface area contributed by atoms with Crippen molar-refractivity contribution in [1.82, 2.24) is 5.32 Å². The predicted molar refractivity (Wildman–Crippen MR) is 95.8 cm³/mol. The van der Waals surface area contributed by atoms with E-state index in [9.17, 15) is 4.79 Å². The van der Waals surface area contributed by atoms with E-state index >= 15 is 0 Å². The molecule has 0 radical (unpaired) electrons. The number of hydrogen-bond acceptors (Lipinski definition) is 2. The summed E-state index contributed by atoms with van der Waals surface area (Å²) in [6, 6.07) is 18.5. The van der Waals surface area contributed by atoms with Crippen LogP contribution in [-0.2, 0) is 10.5 Å². The van der Waals surface area contributed by atoms with E-state index in [-0.39, 0.29) is 5.91 Å². The highest BCUT2D eigenvalue weighted by Crippen LogP contribution is 2.10. The third-order valence-corrected chi connectivity index (χ3v) is 4.19. The molecule has 2 nitrogen and oxygen atoms in total. The van der Waals surface area contributed by atoms with Crippen LogP contribution < -0.4 is 5.32 Å². The zero-order chi connectivity index (χ0) is 15.6. The Hall–Kier alpha value is -2.00. The van der Waals surface area contributed by atoms with E-state index in [1.54, 1.807) is 6.08 Å². The number of hydrogen-bond donors (Lipinski definition) is 1. The highest BCUT2D eigenvalue weighted by Gasteiger charge is 1.96. The summed E-state index contributed by atoms with van der Waals surface area (Å²) in [4.78, 5) is 11.7. The third-order valence-electron chi connectivity index (χ3n) is 3.16. The smallest absolute Gasteiger partial charge is 0.244 e. The molecule has 114 valence electrons. The van der Waals surface area contributed by atoms with Crippen molar-refractivity contribution in [2.24, 2.45) is 0 Å². The Morgan fingerprint density at radius 1 is 1.09 bits per heavy atom. The fourth-order valence-corrected chi connectivity index (χ4v) is 2.74. The van der Waals surface area contributed by atoms with Crippen molar-refractivity contribution in [3.8, 4) is 0 Å². The molecule has 0 aliphatic rings. The number of thioether (sulfide) groups is 1. The summed E-state index contributed by atoms with van der Waals surface area (Å²) in [5.41, 5.74) is 3.58. The number of benzene rings is 2. The minimum Gasteiger partial charge on any atom is -0.352 e. The first-order chi connectivity index (χ1) is 10.7. The molecule has 1 N–H and O–H groups in total. The molecule has 0 heterocycles. The Balaban J connectivity index is 1.62. The van der Waals surface area contributed by atoms with Crippen LogP contribution in [0.2, 0.25) is 0 Å². The van der Waals surface area contributed by atoms with Crippen molar-refractivity contribution in [3.63, 3.8) is 0 Å². The van der Waals surface area contributed by atoms with E-state index in [1.165, 1.54) is 11.1 Å². The number of aryl methyl sites for hydroxylation is 1. The highest BCUT2D eigenvalue weighted by atomic mass is 32.2. The van der Waals surface area contributed by atoms with Crippen molar-refractivity contribution >= 4 is 23.7 Å². The summed E-state index contributed by atoms with van der Waals surface area (Å²) in [7, 11) is 0. The molecule has 0 spiro atoms. The van der Waals surface area contributed by atoms with E-state index in [1.807, 2.05) is 67.2 Å². The topological polar surface area (TPSA) is 29.1 Å². The second kappa shape index (κ2) is 9.11. The SMILES string of the molecule is Cc1ccc(C=CC(=O)NCCSCc2ccccc2)cc1. The molecule has 0 aliphatic carbocycles. The Labute approximate surface area is 136 Å². The van der Waals surface area contributed by atoms with Crippen molar-refractivity contribution in [2.45, 2.75) is 12.7 Å². The van der Waals surface area contributed by atoms with Crippen LogP contribution in [0.4, 0.5) is 0 Å². The minimum atomic E-state index is -0.0408. The zero-order valence-electron chi connectivity index (χ0n) is 12.8. The fraction of sp³-hybridized carbons (Fsp3) is 0.211. The highest BCUT2D eigenvalue weighted by molar-refractivity contribution is 7.98. The van der Waals surface area contributed by atoms with Crippen LogP contribution >= 0.6 is 11.8 Å². The van der Waals surface area contributed by atoms with E-state index in [4.69, 9.17) is 0 Å². The van der Waals surface area contributed by atoms with Crippen molar-refractivity contribution in [3.05, 3.63) is 77.4 Å². The molecular formula is C19H21NOS. The van der Waals surface area contributed by atoms with Gasteiger partial charge in [0, 0.05) is 24.1 Å². The molecule has 2 rings (SSSR count). The average Bonchev–Trinajstić information content (AvgIpc) is 2.55. The molecular weight excluding hydrogens is 290 g/mol. The van der Waals surface area contributed by atoms with Gasteiger partial charge in [0.15, 0.2) is 0 Å². The molecule has 0 saturated carbocycles. The molecule has 0 atom stereocenters. The molecule has 0 saturated heterocycles. The average molecular weight is 311 g/mol. The lowest BCUT2D eigenvalue weighted by Crippen LogP contribution is -2.23. The second-order valence-electron chi connectivity index (χ2n) is 5.07. The second-order valence-corrected chi connectivity index (χ2v) is 6.18. The minimum absolute atomic E-state index is 0.0408. The molecule has 0 bridgehead atoms. The summed E-state index contributed by atoms with van der Waals surface area (Å²) in [6.45, 7) is 2.74. The first kappa shape index (κ1) is 16.4. The zero-order valence-corrected chi connectivity index (χ0v) is 13.6. The number of carbonyl (C=O) groups is 1. The molecule has 2 aromatic carbocycles. The van der Waals surface area contributed by atoms with Crippen LogP contribution in [0.5, 0.6) is 0 Å². The predicted octanol–water partition coefficient (Wildman–Crippen LogP) is 4.06. The number of rotatable bonds is 7. The van der Waals surface area contributed by atoms with Gasteiger partial charge in [0.1, 0.15) is 0 Å². The van der Waals surface area contributed by atoms with Gasteiger partial charge in [-0.25, -0.2) is 0 Å². The van der Waals surface area contributed by atoms with E-state index < -0.39 is 0 Å². The summed E-state index contributed by atoms with van der Waals surface area (Å²) >= 11 is 1.83. The molecule has 1 amide bonds. The molecule has 0 aromatic heterocycles. The van der Waals surface area contributed by atoms with Gasteiger partial charge in [-0.3, -0.25) is 4.79 Å². The lowest BCUT2D eigenvalue weighted by molar-refractivity contribution is -0.116. The molecule has 0 aliphatic heterocycles. The van der Waals surface area contributed by atoms with E-state index in [0.717, 1.165) is 17.1 Å². The first-order valence-corrected chi connectivity index (χ1v) is 8.54. The lowest BCUT2D eigenvalue weighted by atomic mass is 10.1. The fourth-order valence-electron chi connectivity index (χ4n) is 1.92. The van der Waals surface area contributed by atoms with Crippen LogP contribution in [0.15, 0.2) is 60.7 Å². The van der Waals surface area contributed by atoms with Crippen molar-refractivity contribution < 1.29 is 4.79 Å². The van der Waals surface area contributed by atoms with Crippen LogP contribution in [0.25, 0.3) is 6.08 Å². The van der Waals surface area contributed by atoms with Gasteiger partial charge in [0.05, 0.1) is 0 Å². The Kier molecular flexibility index (Phi) is 6.78. The molecule has 0 fully saturated rings. The van der Waals surface area contributed by atoms with Crippen LogP contribution in [0.1, 0.15) is 16.7 Å². The van der Waals surface area contributed by atoms with Crippen LogP contribution in [0.3, 0.4) is 0 Å². The van der Waals surface area contributed by atoms with Gasteiger partial charge < -0.3 is 5.32 Å². The molecule has 3 heteroatoms. The standard InChI is InChI=1S/C19H21NOS/c1-16-7-9-17(10-8-16)11-12-19(21)20-13-14-22-15-18-5-3-2-4-6-18/h2-12H,13-15H2,1H3,(H,20,21). The van der Waals surface area contributed by atoms with Crippen molar-refractivity contribution in [2.75, 3.05) is 12.3 Å². The Morgan fingerprint density at radius 3 is 2.55 bits per heavy atom. The van der Waals surface area contributed by atoms with Gasteiger partial charge in [-0.15, -0.1) is 0 Å². The van der Waals surface area contributed by atoms with Gasteiger partial charge in [0.2, 0.25) is 5.91 Å². The number of amides is 1. The first-order valence-electron chi connectivity index (χ1n) is 7.38. The number of nitrogens with one attached hydrogen (secondary N) is 1. The monoisotopic (exact) mass is 311 g/mol. The van der Waals surface area contributed by atoms with Crippen LogP contribution in [-0.4, -0.2) is 18.2 Å². The maximum atomic E-state index is 11.7. The Morgan fingerprint density at radius 2 is 1.82 bits per heavy atom.